The van der Waals surface area contributed by atoms with Crippen molar-refractivity contribution >= 4 is 27.3 Å². The van der Waals surface area contributed by atoms with E-state index in [1.165, 1.54) is 4.31 Å². The molecule has 6 nitrogen and oxygen atoms in total. The van der Waals surface area contributed by atoms with Crippen molar-refractivity contribution in [3.05, 3.63) is 59.2 Å². The molecule has 1 aliphatic heterocycles. The van der Waals surface area contributed by atoms with Crippen LogP contribution in [0.3, 0.4) is 0 Å². The van der Waals surface area contributed by atoms with Crippen molar-refractivity contribution in [3.8, 4) is 0 Å². The smallest absolute Gasteiger partial charge is 0.251 e. The van der Waals surface area contributed by atoms with E-state index >= 15 is 0 Å². The summed E-state index contributed by atoms with van der Waals surface area (Å²) in [6.45, 7) is 2.75. The molecule has 28 heavy (non-hydrogen) atoms. The molecular weight excluding hydrogens is 374 g/mol. The van der Waals surface area contributed by atoms with E-state index in [4.69, 9.17) is 0 Å². The fraction of sp³-hybridized carbons (Fsp3) is 0.381. The Balaban J connectivity index is 1.73. The van der Waals surface area contributed by atoms with E-state index in [9.17, 15) is 13.2 Å². The number of nitrogens with zero attached hydrogens (tertiary/aromatic N) is 2. The van der Waals surface area contributed by atoms with Crippen LogP contribution in [0.15, 0.2) is 42.5 Å². The molecule has 0 saturated carbocycles. The number of amides is 1. The first-order valence-electron chi connectivity index (χ1n) is 9.43. The number of rotatable bonds is 5. The Morgan fingerprint density at radius 3 is 2.46 bits per heavy atom. The van der Waals surface area contributed by atoms with E-state index in [1.807, 2.05) is 50.2 Å². The predicted octanol–water partition coefficient (Wildman–Crippen LogP) is 2.92. The molecule has 1 saturated heterocycles. The third-order valence-electron chi connectivity index (χ3n) is 5.00. The summed E-state index contributed by atoms with van der Waals surface area (Å²) in [6, 6.07) is 13.2. The van der Waals surface area contributed by atoms with Gasteiger partial charge in [0.15, 0.2) is 0 Å². The maximum absolute atomic E-state index is 12.6. The zero-order chi connectivity index (χ0) is 20.3. The van der Waals surface area contributed by atoms with Gasteiger partial charge in [0.05, 0.1) is 11.4 Å². The summed E-state index contributed by atoms with van der Waals surface area (Å²) in [5, 5.41) is 2.91. The summed E-state index contributed by atoms with van der Waals surface area (Å²) in [6.07, 6.45) is 1.52. The van der Waals surface area contributed by atoms with Gasteiger partial charge in [0.2, 0.25) is 10.0 Å². The van der Waals surface area contributed by atoms with E-state index in [0.29, 0.717) is 30.8 Å². The number of hydrogen-bond donors (Lipinski definition) is 1. The second-order valence-corrected chi connectivity index (χ2v) is 9.35. The van der Waals surface area contributed by atoms with E-state index in [1.54, 1.807) is 18.2 Å². The summed E-state index contributed by atoms with van der Waals surface area (Å²) >= 11 is 0. The molecule has 0 aromatic heterocycles. The van der Waals surface area contributed by atoms with Gasteiger partial charge in [-0.2, -0.15) is 0 Å². The van der Waals surface area contributed by atoms with Crippen LogP contribution < -0.4 is 14.5 Å². The zero-order valence-corrected chi connectivity index (χ0v) is 17.4. The van der Waals surface area contributed by atoms with Gasteiger partial charge in [-0.15, -0.1) is 0 Å². The second-order valence-electron chi connectivity index (χ2n) is 7.34. The van der Waals surface area contributed by atoms with Crippen molar-refractivity contribution < 1.29 is 13.2 Å². The summed E-state index contributed by atoms with van der Waals surface area (Å²) in [7, 11) is 0.651. The lowest BCUT2D eigenvalue weighted by atomic mass is 10.1. The average Bonchev–Trinajstić information content (AvgIpc) is 2.67. The lowest BCUT2D eigenvalue weighted by Crippen LogP contribution is -2.38. The van der Waals surface area contributed by atoms with Gasteiger partial charge in [-0.25, -0.2) is 8.42 Å². The normalized spacial score (nSPS) is 15.9. The fourth-order valence-corrected chi connectivity index (χ4v) is 4.97. The number of anilines is 2. The highest BCUT2D eigenvalue weighted by molar-refractivity contribution is 7.92. The Labute approximate surface area is 167 Å². The summed E-state index contributed by atoms with van der Waals surface area (Å²) in [5.74, 6) is -0.0569. The highest BCUT2D eigenvalue weighted by atomic mass is 32.2. The maximum atomic E-state index is 12.6. The van der Waals surface area contributed by atoms with Gasteiger partial charge >= 0.3 is 0 Å². The molecule has 1 heterocycles. The zero-order valence-electron chi connectivity index (χ0n) is 16.6. The largest absolute Gasteiger partial charge is 0.378 e. The Morgan fingerprint density at radius 2 is 1.82 bits per heavy atom. The van der Waals surface area contributed by atoms with Crippen LogP contribution in [-0.4, -0.2) is 40.7 Å². The van der Waals surface area contributed by atoms with E-state index < -0.39 is 10.0 Å². The Bertz CT molecular complexity index is 953. The van der Waals surface area contributed by atoms with Gasteiger partial charge in [-0.3, -0.25) is 9.10 Å². The first-order valence-corrected chi connectivity index (χ1v) is 11.0. The molecular formula is C21H27N3O3S. The number of carbonyl (C=O) groups is 1. The molecule has 3 rings (SSSR count). The quantitative estimate of drug-likeness (QED) is 0.836. The highest BCUT2D eigenvalue weighted by Gasteiger charge is 2.27. The van der Waals surface area contributed by atoms with Gasteiger partial charge in [-0.1, -0.05) is 18.2 Å². The second kappa shape index (κ2) is 8.22. The topological polar surface area (TPSA) is 69.7 Å². The van der Waals surface area contributed by atoms with Crippen molar-refractivity contribution in [1.82, 2.24) is 5.32 Å². The molecule has 2 aromatic rings. The number of carbonyl (C=O) groups excluding carboxylic acids is 1. The highest BCUT2D eigenvalue weighted by Crippen LogP contribution is 2.28. The Hall–Kier alpha value is -2.54. The monoisotopic (exact) mass is 401 g/mol. The number of benzene rings is 2. The van der Waals surface area contributed by atoms with Crippen LogP contribution >= 0.6 is 0 Å². The van der Waals surface area contributed by atoms with Crippen molar-refractivity contribution in [2.45, 2.75) is 26.3 Å². The van der Waals surface area contributed by atoms with Crippen LogP contribution in [0.1, 0.15) is 34.3 Å². The molecule has 1 N–H and O–H groups in total. The molecule has 0 spiro atoms. The number of hydrogen-bond acceptors (Lipinski definition) is 4. The third-order valence-corrected chi connectivity index (χ3v) is 6.85. The van der Waals surface area contributed by atoms with Crippen molar-refractivity contribution in [1.29, 1.82) is 0 Å². The molecule has 1 fully saturated rings. The summed E-state index contributed by atoms with van der Waals surface area (Å²) in [5.41, 5.74) is 4.01. The molecule has 0 unspecified atom stereocenters. The molecule has 0 atom stereocenters. The first kappa shape index (κ1) is 20.2. The van der Waals surface area contributed by atoms with E-state index in [-0.39, 0.29) is 11.7 Å². The number of sulfonamides is 1. The molecule has 0 radical (unpaired) electrons. The third kappa shape index (κ3) is 4.47. The number of nitrogens with one attached hydrogen (secondary N) is 1. The van der Waals surface area contributed by atoms with Gasteiger partial charge < -0.3 is 10.2 Å². The first-order chi connectivity index (χ1) is 13.3. The van der Waals surface area contributed by atoms with Crippen LogP contribution in [0.4, 0.5) is 11.4 Å². The minimum Gasteiger partial charge on any atom is -0.378 e. The van der Waals surface area contributed by atoms with Crippen LogP contribution in [0, 0.1) is 6.92 Å². The van der Waals surface area contributed by atoms with Crippen LogP contribution in [0.5, 0.6) is 0 Å². The summed E-state index contributed by atoms with van der Waals surface area (Å²) < 4.78 is 26.3. The molecule has 0 bridgehead atoms. The minimum absolute atomic E-state index is 0.159. The van der Waals surface area contributed by atoms with Crippen molar-refractivity contribution in [2.24, 2.45) is 0 Å². The van der Waals surface area contributed by atoms with Crippen molar-refractivity contribution in [2.75, 3.05) is 35.6 Å². The lowest BCUT2D eigenvalue weighted by Gasteiger charge is -2.29. The Morgan fingerprint density at radius 1 is 1.11 bits per heavy atom. The molecule has 150 valence electrons. The predicted molar refractivity (Wildman–Crippen MR) is 113 cm³/mol. The molecule has 1 amide bonds. The van der Waals surface area contributed by atoms with Crippen molar-refractivity contribution in [3.63, 3.8) is 0 Å². The average molecular weight is 402 g/mol. The standard InChI is InChI=1S/C21H27N3O3S/c1-16-6-9-18(14-20(16)24-12-4-5-13-28(24,26)27)21(25)22-15-17-7-10-19(11-8-17)23(2)3/h6-11,14H,4-5,12-13,15H2,1-3H3,(H,22,25). The van der Waals surface area contributed by atoms with Gasteiger partial charge in [0, 0.05) is 38.4 Å². The van der Waals surface area contributed by atoms with Gasteiger partial charge in [0.25, 0.3) is 5.91 Å². The SMILES string of the molecule is Cc1ccc(C(=O)NCc2ccc(N(C)C)cc2)cc1N1CCCCS1(=O)=O. The van der Waals surface area contributed by atoms with Crippen LogP contribution in [-0.2, 0) is 16.6 Å². The van der Waals surface area contributed by atoms with Gasteiger partial charge in [-0.05, 0) is 55.2 Å². The minimum atomic E-state index is -3.31. The van der Waals surface area contributed by atoms with Crippen LogP contribution in [0.2, 0.25) is 0 Å². The van der Waals surface area contributed by atoms with Crippen LogP contribution in [0.25, 0.3) is 0 Å². The molecule has 2 aromatic carbocycles. The van der Waals surface area contributed by atoms with Gasteiger partial charge in [0.1, 0.15) is 0 Å². The Kier molecular flexibility index (Phi) is 5.93. The van der Waals surface area contributed by atoms with E-state index in [2.05, 4.69) is 5.32 Å². The number of aryl methyl sites for hydroxylation is 1. The molecule has 7 heteroatoms. The fourth-order valence-electron chi connectivity index (χ4n) is 3.28. The maximum Gasteiger partial charge on any atom is 0.251 e. The molecule has 1 aliphatic rings. The molecule has 0 aliphatic carbocycles. The summed E-state index contributed by atoms with van der Waals surface area (Å²) in [4.78, 5) is 14.6. The van der Waals surface area contributed by atoms with E-state index in [0.717, 1.165) is 23.2 Å². The lowest BCUT2D eigenvalue weighted by molar-refractivity contribution is 0.0951.